The van der Waals surface area contributed by atoms with Gasteiger partial charge in [0.15, 0.2) is 15.8 Å². The van der Waals surface area contributed by atoms with Gasteiger partial charge in [-0.15, -0.1) is 0 Å². The lowest BCUT2D eigenvalue weighted by molar-refractivity contribution is 0.223. The summed E-state index contributed by atoms with van der Waals surface area (Å²) in [7, 11) is -1.66. The van der Waals surface area contributed by atoms with E-state index in [2.05, 4.69) is 15.6 Å². The van der Waals surface area contributed by atoms with Crippen molar-refractivity contribution in [3.63, 3.8) is 0 Å². The molecule has 1 atom stereocenters. The Bertz CT molecular complexity index is 948. The normalized spacial score (nSPS) is 13.1. The van der Waals surface area contributed by atoms with Gasteiger partial charge < -0.3 is 15.4 Å². The van der Waals surface area contributed by atoms with Gasteiger partial charge in [0.05, 0.1) is 12.3 Å². The smallest absolute Gasteiger partial charge is 0.191 e. The van der Waals surface area contributed by atoms with E-state index in [4.69, 9.17) is 4.74 Å². The van der Waals surface area contributed by atoms with Crippen LogP contribution in [0, 0.1) is 11.6 Å². The van der Waals surface area contributed by atoms with Crippen molar-refractivity contribution in [1.82, 2.24) is 10.6 Å². The lowest BCUT2D eigenvalue weighted by atomic mass is 10.1. The van der Waals surface area contributed by atoms with E-state index in [0.29, 0.717) is 29.4 Å². The highest BCUT2D eigenvalue weighted by Crippen LogP contribution is 2.15. The summed E-state index contributed by atoms with van der Waals surface area (Å²) in [5.74, 6) is 0.0605. The number of hydrogen-bond acceptors (Lipinski definition) is 4. The predicted octanol–water partition coefficient (Wildman–Crippen LogP) is 2.64. The molecule has 0 heterocycles. The summed E-state index contributed by atoms with van der Waals surface area (Å²) in [5.41, 5.74) is 1.07. The number of rotatable bonds is 8. The molecule has 2 N–H and O–H groups in total. The first kappa shape index (κ1) is 22.6. The zero-order valence-electron chi connectivity index (χ0n) is 16.6. The molecule has 2 rings (SSSR count). The Hall–Kier alpha value is -2.68. The fraction of sp³-hybridized carbons (Fsp3) is 0.350. The first-order valence-corrected chi connectivity index (χ1v) is 11.0. The standard InChI is InChI=1S/C20H25F2N3O3S/c1-14(28-19-8-6-17(21)7-9-19)11-24-20(23-2)25-12-16-10-18(22)5-4-15(16)13-29(3,26)27/h4-10,14H,11-13H2,1-3H3,(H2,23,24,25). The number of benzene rings is 2. The molecule has 1 unspecified atom stereocenters. The highest BCUT2D eigenvalue weighted by Gasteiger charge is 2.12. The molecule has 0 aliphatic carbocycles. The van der Waals surface area contributed by atoms with Gasteiger partial charge >= 0.3 is 0 Å². The minimum absolute atomic E-state index is 0.168. The molecule has 0 saturated heterocycles. The van der Waals surface area contributed by atoms with Crippen LogP contribution in [0.5, 0.6) is 5.75 Å². The molecule has 0 aliphatic heterocycles. The molecule has 6 nitrogen and oxygen atoms in total. The van der Waals surface area contributed by atoms with Crippen LogP contribution in [0.1, 0.15) is 18.1 Å². The quantitative estimate of drug-likeness (QED) is 0.502. The molecule has 0 fully saturated rings. The number of ether oxygens (including phenoxy) is 1. The molecule has 0 saturated carbocycles. The summed E-state index contributed by atoms with van der Waals surface area (Å²) >= 11 is 0. The second-order valence-electron chi connectivity index (χ2n) is 6.67. The van der Waals surface area contributed by atoms with Crippen molar-refractivity contribution in [2.45, 2.75) is 25.3 Å². The largest absolute Gasteiger partial charge is 0.489 e. The lowest BCUT2D eigenvalue weighted by Crippen LogP contribution is -2.41. The van der Waals surface area contributed by atoms with E-state index in [1.165, 1.54) is 30.3 Å². The number of halogens is 2. The zero-order valence-corrected chi connectivity index (χ0v) is 17.4. The molecule has 0 aromatic heterocycles. The van der Waals surface area contributed by atoms with Crippen molar-refractivity contribution < 1.29 is 21.9 Å². The summed E-state index contributed by atoms with van der Waals surface area (Å²) in [6, 6.07) is 9.76. The fourth-order valence-electron chi connectivity index (χ4n) is 2.61. The van der Waals surface area contributed by atoms with E-state index in [9.17, 15) is 17.2 Å². The maximum Gasteiger partial charge on any atom is 0.191 e. The zero-order chi connectivity index (χ0) is 21.4. The Morgan fingerprint density at radius 2 is 1.72 bits per heavy atom. The van der Waals surface area contributed by atoms with Crippen LogP contribution >= 0.6 is 0 Å². The van der Waals surface area contributed by atoms with E-state index < -0.39 is 15.7 Å². The molecule has 9 heteroatoms. The van der Waals surface area contributed by atoms with Crippen molar-refractivity contribution in [3.8, 4) is 5.75 Å². The van der Waals surface area contributed by atoms with Crippen LogP contribution in [0.15, 0.2) is 47.5 Å². The van der Waals surface area contributed by atoms with Gasteiger partial charge in [-0.3, -0.25) is 4.99 Å². The topological polar surface area (TPSA) is 79.8 Å². The van der Waals surface area contributed by atoms with Crippen LogP contribution in [-0.2, 0) is 22.1 Å². The first-order chi connectivity index (χ1) is 13.7. The minimum Gasteiger partial charge on any atom is -0.489 e. The maximum absolute atomic E-state index is 13.6. The second-order valence-corrected chi connectivity index (χ2v) is 8.81. The predicted molar refractivity (Wildman–Crippen MR) is 110 cm³/mol. The van der Waals surface area contributed by atoms with Gasteiger partial charge in [-0.2, -0.15) is 0 Å². The second kappa shape index (κ2) is 10.2. The summed E-state index contributed by atoms with van der Waals surface area (Å²) in [5, 5.41) is 6.12. The Morgan fingerprint density at radius 1 is 1.07 bits per heavy atom. The van der Waals surface area contributed by atoms with Crippen LogP contribution < -0.4 is 15.4 Å². The van der Waals surface area contributed by atoms with E-state index in [-0.39, 0.29) is 24.2 Å². The molecule has 0 radical (unpaired) electrons. The molecular weight excluding hydrogens is 400 g/mol. The summed E-state index contributed by atoms with van der Waals surface area (Å²) in [6.45, 7) is 2.46. The van der Waals surface area contributed by atoms with Crippen molar-refractivity contribution >= 4 is 15.8 Å². The van der Waals surface area contributed by atoms with Gasteiger partial charge in [-0.25, -0.2) is 17.2 Å². The molecule has 0 spiro atoms. The highest BCUT2D eigenvalue weighted by molar-refractivity contribution is 7.89. The van der Waals surface area contributed by atoms with Crippen molar-refractivity contribution in [2.24, 2.45) is 4.99 Å². The van der Waals surface area contributed by atoms with Gasteiger partial charge in [0.25, 0.3) is 0 Å². The van der Waals surface area contributed by atoms with Gasteiger partial charge in [-0.05, 0) is 54.4 Å². The highest BCUT2D eigenvalue weighted by atomic mass is 32.2. The van der Waals surface area contributed by atoms with Crippen LogP contribution in [0.3, 0.4) is 0 Å². The SMILES string of the molecule is CN=C(NCc1cc(F)ccc1CS(C)(=O)=O)NCC(C)Oc1ccc(F)cc1. The average Bonchev–Trinajstić information content (AvgIpc) is 2.64. The minimum atomic E-state index is -3.25. The van der Waals surface area contributed by atoms with Crippen LogP contribution in [0.25, 0.3) is 0 Å². The number of guanidine groups is 1. The summed E-state index contributed by atoms with van der Waals surface area (Å²) in [4.78, 5) is 4.10. The van der Waals surface area contributed by atoms with Crippen LogP contribution in [-0.4, -0.2) is 40.3 Å². The Labute approximate surface area is 169 Å². The number of sulfone groups is 1. The molecular formula is C20H25F2N3O3S. The Balaban J connectivity index is 1.92. The van der Waals surface area contributed by atoms with Gasteiger partial charge in [0.1, 0.15) is 23.5 Å². The molecule has 29 heavy (non-hydrogen) atoms. The molecule has 2 aromatic carbocycles. The van der Waals surface area contributed by atoms with E-state index in [0.717, 1.165) is 6.26 Å². The average molecular weight is 426 g/mol. The van der Waals surface area contributed by atoms with Crippen LogP contribution in [0.2, 0.25) is 0 Å². The number of nitrogens with zero attached hydrogens (tertiary/aromatic N) is 1. The van der Waals surface area contributed by atoms with Gasteiger partial charge in [-0.1, -0.05) is 6.07 Å². The number of nitrogens with one attached hydrogen (secondary N) is 2. The third-order valence-corrected chi connectivity index (χ3v) is 4.80. The number of hydrogen-bond donors (Lipinski definition) is 2. The third kappa shape index (κ3) is 8.06. The lowest BCUT2D eigenvalue weighted by Gasteiger charge is -2.18. The fourth-order valence-corrected chi connectivity index (χ4v) is 3.46. The first-order valence-electron chi connectivity index (χ1n) is 8.98. The number of aliphatic imine (C=N–C) groups is 1. The monoisotopic (exact) mass is 425 g/mol. The molecule has 0 bridgehead atoms. The van der Waals surface area contributed by atoms with E-state index in [1.807, 2.05) is 6.92 Å². The van der Waals surface area contributed by atoms with E-state index >= 15 is 0 Å². The molecule has 0 aliphatic rings. The maximum atomic E-state index is 13.6. The van der Waals surface area contributed by atoms with Crippen molar-refractivity contribution in [1.29, 1.82) is 0 Å². The summed E-state index contributed by atoms with van der Waals surface area (Å²) in [6.07, 6.45) is 0.908. The van der Waals surface area contributed by atoms with Gasteiger partial charge in [0.2, 0.25) is 0 Å². The third-order valence-electron chi connectivity index (χ3n) is 3.96. The molecule has 0 amide bonds. The van der Waals surface area contributed by atoms with Crippen molar-refractivity contribution in [2.75, 3.05) is 19.8 Å². The Kier molecular flexibility index (Phi) is 7.95. The Morgan fingerprint density at radius 3 is 2.34 bits per heavy atom. The van der Waals surface area contributed by atoms with Crippen molar-refractivity contribution in [3.05, 3.63) is 65.2 Å². The molecule has 2 aromatic rings. The van der Waals surface area contributed by atoms with Gasteiger partial charge in [0, 0.05) is 19.8 Å². The molecule has 158 valence electrons. The van der Waals surface area contributed by atoms with Crippen LogP contribution in [0.4, 0.5) is 8.78 Å². The summed E-state index contributed by atoms with van der Waals surface area (Å²) < 4.78 is 55.4. The van der Waals surface area contributed by atoms with E-state index in [1.54, 1.807) is 19.2 Å².